The summed E-state index contributed by atoms with van der Waals surface area (Å²) in [6, 6.07) is 9.79. The Kier molecular flexibility index (Phi) is 4.02. The van der Waals surface area contributed by atoms with Crippen LogP contribution in [0.1, 0.15) is 11.1 Å². The molecule has 0 amide bonds. The smallest absolute Gasteiger partial charge is 0.126 e. The molecule has 0 fully saturated rings. The van der Waals surface area contributed by atoms with Gasteiger partial charge in [-0.1, -0.05) is 29.8 Å². The summed E-state index contributed by atoms with van der Waals surface area (Å²) in [6.07, 6.45) is 1.80. The summed E-state index contributed by atoms with van der Waals surface area (Å²) in [5.41, 5.74) is 2.22. The molecule has 1 N–H and O–H groups in total. The number of benzene rings is 1. The molecule has 1 aromatic carbocycles. The molecule has 0 spiro atoms. The van der Waals surface area contributed by atoms with Gasteiger partial charge < -0.3 is 5.32 Å². The maximum Gasteiger partial charge on any atom is 0.126 e. The zero-order chi connectivity index (χ0) is 12.3. The van der Waals surface area contributed by atoms with E-state index in [9.17, 15) is 0 Å². The van der Waals surface area contributed by atoms with Gasteiger partial charge in [-0.3, -0.25) is 0 Å². The molecule has 0 atom stereocenters. The lowest BCUT2D eigenvalue weighted by molar-refractivity contribution is 1.10. The molecule has 0 saturated heterocycles. The van der Waals surface area contributed by atoms with Crippen LogP contribution in [-0.2, 0) is 6.54 Å². The monoisotopic (exact) mass is 310 g/mol. The van der Waals surface area contributed by atoms with Crippen molar-refractivity contribution in [2.24, 2.45) is 0 Å². The van der Waals surface area contributed by atoms with Gasteiger partial charge in [-0.05, 0) is 46.1 Å². The van der Waals surface area contributed by atoms with Crippen molar-refractivity contribution in [2.45, 2.75) is 13.5 Å². The predicted octanol–water partition coefficient (Wildman–Crippen LogP) is 4.42. The second kappa shape index (κ2) is 5.52. The summed E-state index contributed by atoms with van der Waals surface area (Å²) in [5.74, 6) is 0.852. The molecule has 2 nitrogen and oxygen atoms in total. The highest BCUT2D eigenvalue weighted by Gasteiger charge is 2.01. The number of hydrogen-bond donors (Lipinski definition) is 1. The lowest BCUT2D eigenvalue weighted by atomic mass is 10.2. The molecule has 0 saturated carbocycles. The first-order chi connectivity index (χ1) is 8.16. The average molecular weight is 312 g/mol. The van der Waals surface area contributed by atoms with Crippen molar-refractivity contribution in [2.75, 3.05) is 5.32 Å². The minimum absolute atomic E-state index is 0.674. The number of hydrogen-bond acceptors (Lipinski definition) is 2. The third-order valence-corrected chi connectivity index (χ3v) is 3.66. The van der Waals surface area contributed by atoms with Crippen LogP contribution in [0.25, 0.3) is 0 Å². The standard InChI is InChI=1S/C13H12BrClN2/c1-9-6-13(17-8-11(9)14)16-7-10-4-2-3-5-12(10)15/h2-6,8H,7H2,1H3,(H,16,17). The van der Waals surface area contributed by atoms with Gasteiger partial charge in [-0.2, -0.15) is 0 Å². The van der Waals surface area contributed by atoms with Crippen molar-refractivity contribution in [3.05, 3.63) is 57.2 Å². The number of nitrogens with one attached hydrogen (secondary N) is 1. The van der Waals surface area contributed by atoms with E-state index in [0.717, 1.165) is 26.4 Å². The van der Waals surface area contributed by atoms with E-state index in [1.54, 1.807) is 6.20 Å². The Labute approximate surface area is 114 Å². The molecule has 2 aromatic rings. The van der Waals surface area contributed by atoms with E-state index in [0.29, 0.717) is 6.54 Å². The molecule has 0 aliphatic rings. The van der Waals surface area contributed by atoms with Crippen molar-refractivity contribution in [1.82, 2.24) is 4.98 Å². The zero-order valence-corrected chi connectivity index (χ0v) is 11.7. The Bertz CT molecular complexity index is 529. The fourth-order valence-corrected chi connectivity index (χ4v) is 1.88. The van der Waals surface area contributed by atoms with Crippen molar-refractivity contribution in [1.29, 1.82) is 0 Å². The van der Waals surface area contributed by atoms with Crippen molar-refractivity contribution < 1.29 is 0 Å². The predicted molar refractivity (Wildman–Crippen MR) is 75.5 cm³/mol. The number of anilines is 1. The number of pyridine rings is 1. The van der Waals surface area contributed by atoms with Gasteiger partial charge in [0, 0.05) is 22.2 Å². The maximum absolute atomic E-state index is 6.08. The lowest BCUT2D eigenvalue weighted by Crippen LogP contribution is -2.02. The molecular weight excluding hydrogens is 300 g/mol. The van der Waals surface area contributed by atoms with Gasteiger partial charge in [0.1, 0.15) is 5.82 Å². The molecule has 0 aliphatic carbocycles. The van der Waals surface area contributed by atoms with Crippen molar-refractivity contribution >= 4 is 33.3 Å². The van der Waals surface area contributed by atoms with E-state index < -0.39 is 0 Å². The maximum atomic E-state index is 6.08. The third kappa shape index (κ3) is 3.20. The van der Waals surface area contributed by atoms with Crippen molar-refractivity contribution in [3.63, 3.8) is 0 Å². The van der Waals surface area contributed by atoms with Gasteiger partial charge in [0.2, 0.25) is 0 Å². The van der Waals surface area contributed by atoms with E-state index >= 15 is 0 Å². The summed E-state index contributed by atoms with van der Waals surface area (Å²) < 4.78 is 1.01. The summed E-state index contributed by atoms with van der Waals surface area (Å²) >= 11 is 9.50. The van der Waals surface area contributed by atoms with Gasteiger partial charge in [0.25, 0.3) is 0 Å². The highest BCUT2D eigenvalue weighted by atomic mass is 79.9. The Morgan fingerprint density at radius 1 is 1.35 bits per heavy atom. The first kappa shape index (κ1) is 12.4. The molecule has 0 aliphatic heterocycles. The van der Waals surface area contributed by atoms with Crippen LogP contribution in [0.3, 0.4) is 0 Å². The summed E-state index contributed by atoms with van der Waals surface area (Å²) in [4.78, 5) is 4.28. The second-order valence-corrected chi connectivity index (χ2v) is 5.03. The summed E-state index contributed by atoms with van der Waals surface area (Å²) in [6.45, 7) is 2.71. The molecule has 1 heterocycles. The Hall–Kier alpha value is -1.06. The van der Waals surface area contributed by atoms with Crippen LogP contribution in [0.5, 0.6) is 0 Å². The number of aromatic nitrogens is 1. The first-order valence-corrected chi connectivity index (χ1v) is 6.43. The lowest BCUT2D eigenvalue weighted by Gasteiger charge is -2.08. The van der Waals surface area contributed by atoms with Crippen LogP contribution < -0.4 is 5.32 Å². The fourth-order valence-electron chi connectivity index (χ4n) is 1.46. The van der Waals surface area contributed by atoms with Gasteiger partial charge in [0.05, 0.1) is 0 Å². The Morgan fingerprint density at radius 2 is 2.12 bits per heavy atom. The number of rotatable bonds is 3. The fraction of sp³-hybridized carbons (Fsp3) is 0.154. The van der Waals surface area contributed by atoms with E-state index in [4.69, 9.17) is 11.6 Å². The van der Waals surface area contributed by atoms with Crippen LogP contribution in [-0.4, -0.2) is 4.98 Å². The molecule has 88 valence electrons. The molecule has 4 heteroatoms. The van der Waals surface area contributed by atoms with Crippen LogP contribution in [0.4, 0.5) is 5.82 Å². The highest BCUT2D eigenvalue weighted by Crippen LogP contribution is 2.19. The summed E-state index contributed by atoms with van der Waals surface area (Å²) in [7, 11) is 0. The third-order valence-electron chi connectivity index (χ3n) is 2.46. The second-order valence-electron chi connectivity index (χ2n) is 3.76. The highest BCUT2D eigenvalue weighted by molar-refractivity contribution is 9.10. The van der Waals surface area contributed by atoms with E-state index in [1.165, 1.54) is 0 Å². The zero-order valence-electron chi connectivity index (χ0n) is 9.37. The molecule has 0 unspecified atom stereocenters. The minimum Gasteiger partial charge on any atom is -0.366 e. The van der Waals surface area contributed by atoms with Gasteiger partial charge in [-0.25, -0.2) is 4.98 Å². The molecule has 0 bridgehead atoms. The van der Waals surface area contributed by atoms with Crippen LogP contribution in [0, 0.1) is 6.92 Å². The van der Waals surface area contributed by atoms with Gasteiger partial charge >= 0.3 is 0 Å². The number of halogens is 2. The molecule has 17 heavy (non-hydrogen) atoms. The number of aryl methyl sites for hydroxylation is 1. The van der Waals surface area contributed by atoms with Crippen LogP contribution in [0.2, 0.25) is 5.02 Å². The van der Waals surface area contributed by atoms with Crippen molar-refractivity contribution in [3.8, 4) is 0 Å². The average Bonchev–Trinajstić information content (AvgIpc) is 2.32. The molecular formula is C13H12BrClN2. The molecule has 2 rings (SSSR count). The number of nitrogens with zero attached hydrogens (tertiary/aromatic N) is 1. The quantitative estimate of drug-likeness (QED) is 0.907. The Balaban J connectivity index is 2.08. The first-order valence-electron chi connectivity index (χ1n) is 5.26. The van der Waals surface area contributed by atoms with E-state index in [-0.39, 0.29) is 0 Å². The largest absolute Gasteiger partial charge is 0.366 e. The summed E-state index contributed by atoms with van der Waals surface area (Å²) in [5, 5.41) is 4.03. The SMILES string of the molecule is Cc1cc(NCc2ccccc2Cl)ncc1Br. The van der Waals surface area contributed by atoms with Gasteiger partial charge in [-0.15, -0.1) is 0 Å². The van der Waals surface area contributed by atoms with E-state index in [1.807, 2.05) is 37.3 Å². The van der Waals surface area contributed by atoms with E-state index in [2.05, 4.69) is 26.2 Å². The molecule has 1 aromatic heterocycles. The minimum atomic E-state index is 0.674. The Morgan fingerprint density at radius 3 is 2.82 bits per heavy atom. The van der Waals surface area contributed by atoms with Crippen LogP contribution >= 0.6 is 27.5 Å². The van der Waals surface area contributed by atoms with Gasteiger partial charge in [0.15, 0.2) is 0 Å². The van der Waals surface area contributed by atoms with Crippen LogP contribution in [0.15, 0.2) is 41.0 Å². The topological polar surface area (TPSA) is 24.9 Å². The normalized spacial score (nSPS) is 10.3. The molecule has 0 radical (unpaired) electrons.